The van der Waals surface area contributed by atoms with Crippen LogP contribution in [0.15, 0.2) is 35.7 Å². The summed E-state index contributed by atoms with van der Waals surface area (Å²) in [4.78, 5) is 16.0. The predicted molar refractivity (Wildman–Crippen MR) is 92.3 cm³/mol. The zero-order valence-corrected chi connectivity index (χ0v) is 14.0. The van der Waals surface area contributed by atoms with Crippen LogP contribution in [0.4, 0.5) is 5.69 Å². The van der Waals surface area contributed by atoms with Gasteiger partial charge in [-0.05, 0) is 55.3 Å². The molecular weight excluding hydrogens is 292 g/mol. The fourth-order valence-corrected chi connectivity index (χ4v) is 3.35. The Hall–Kier alpha value is -1.65. The number of benzene rings is 1. The molecule has 22 heavy (non-hydrogen) atoms. The fraction of sp³-hybridized carbons (Fsp3) is 0.389. The minimum absolute atomic E-state index is 0.0807. The van der Waals surface area contributed by atoms with Crippen LogP contribution in [0, 0.1) is 13.8 Å². The molecule has 4 heteroatoms. The number of hydrogen-bond acceptors (Lipinski definition) is 3. The van der Waals surface area contributed by atoms with Gasteiger partial charge in [-0.25, -0.2) is 0 Å². The highest BCUT2D eigenvalue weighted by atomic mass is 32.1. The first-order valence-electron chi connectivity index (χ1n) is 7.76. The molecule has 0 atom stereocenters. The molecular formula is C18H22N2OS. The lowest BCUT2D eigenvalue weighted by Gasteiger charge is -2.21. The Morgan fingerprint density at radius 2 is 2.09 bits per heavy atom. The number of amides is 1. The van der Waals surface area contributed by atoms with Gasteiger partial charge in [0.2, 0.25) is 5.91 Å². The van der Waals surface area contributed by atoms with Crippen LogP contribution in [0.5, 0.6) is 0 Å². The van der Waals surface area contributed by atoms with E-state index < -0.39 is 0 Å². The van der Waals surface area contributed by atoms with Crippen molar-refractivity contribution >= 4 is 22.9 Å². The molecule has 2 aromatic rings. The summed E-state index contributed by atoms with van der Waals surface area (Å²) in [5.74, 6) is 0.0807. The van der Waals surface area contributed by atoms with Crippen LogP contribution < -0.4 is 5.32 Å². The van der Waals surface area contributed by atoms with Gasteiger partial charge in [-0.1, -0.05) is 18.2 Å². The first kappa shape index (κ1) is 15.3. The maximum Gasteiger partial charge on any atom is 0.238 e. The molecule has 1 N–H and O–H groups in total. The van der Waals surface area contributed by atoms with E-state index in [1.165, 1.54) is 23.3 Å². The Balaban J connectivity index is 1.63. The van der Waals surface area contributed by atoms with Crippen LogP contribution in [0.1, 0.15) is 28.8 Å². The normalized spacial score (nSPS) is 14.3. The largest absolute Gasteiger partial charge is 0.325 e. The molecule has 1 aromatic carbocycles. The molecule has 0 bridgehead atoms. The maximum absolute atomic E-state index is 12.4. The molecule has 0 saturated heterocycles. The van der Waals surface area contributed by atoms with Crippen molar-refractivity contribution in [1.82, 2.24) is 4.90 Å². The van der Waals surface area contributed by atoms with Crippen molar-refractivity contribution < 1.29 is 4.79 Å². The SMILES string of the molecule is Cc1cccc(NC(=O)CN(Cc2cccs2)C2CC2)c1C. The third-order valence-electron chi connectivity index (χ3n) is 4.23. The summed E-state index contributed by atoms with van der Waals surface area (Å²) < 4.78 is 0. The molecule has 0 unspecified atom stereocenters. The second-order valence-electron chi connectivity index (χ2n) is 6.01. The summed E-state index contributed by atoms with van der Waals surface area (Å²) in [5.41, 5.74) is 3.28. The van der Waals surface area contributed by atoms with Gasteiger partial charge in [0.15, 0.2) is 0 Å². The van der Waals surface area contributed by atoms with E-state index >= 15 is 0 Å². The molecule has 1 saturated carbocycles. The third-order valence-corrected chi connectivity index (χ3v) is 5.09. The lowest BCUT2D eigenvalue weighted by molar-refractivity contribution is -0.117. The van der Waals surface area contributed by atoms with E-state index in [1.807, 2.05) is 12.1 Å². The number of carbonyl (C=O) groups is 1. The standard InChI is InChI=1S/C18H22N2OS/c1-13-5-3-7-17(14(13)2)19-18(21)12-20(15-8-9-15)11-16-6-4-10-22-16/h3-7,10,15H,8-9,11-12H2,1-2H3,(H,19,21). The van der Waals surface area contributed by atoms with Gasteiger partial charge in [0, 0.05) is 23.2 Å². The minimum atomic E-state index is 0.0807. The molecule has 0 spiro atoms. The van der Waals surface area contributed by atoms with Crippen LogP contribution in [0.3, 0.4) is 0 Å². The highest BCUT2D eigenvalue weighted by Gasteiger charge is 2.30. The van der Waals surface area contributed by atoms with Crippen LogP contribution in [0.25, 0.3) is 0 Å². The Labute approximate surface area is 136 Å². The van der Waals surface area contributed by atoms with E-state index in [9.17, 15) is 4.79 Å². The molecule has 3 nitrogen and oxygen atoms in total. The van der Waals surface area contributed by atoms with E-state index in [0.29, 0.717) is 12.6 Å². The molecule has 3 rings (SSSR count). The Morgan fingerprint density at radius 3 is 2.77 bits per heavy atom. The summed E-state index contributed by atoms with van der Waals surface area (Å²) >= 11 is 1.76. The van der Waals surface area contributed by atoms with Gasteiger partial charge in [-0.3, -0.25) is 9.69 Å². The average molecular weight is 314 g/mol. The summed E-state index contributed by atoms with van der Waals surface area (Å²) in [7, 11) is 0. The lowest BCUT2D eigenvalue weighted by atomic mass is 10.1. The molecule has 1 aliphatic rings. The number of hydrogen-bond donors (Lipinski definition) is 1. The molecule has 1 aromatic heterocycles. The van der Waals surface area contributed by atoms with Crippen molar-refractivity contribution in [3.63, 3.8) is 0 Å². The second kappa shape index (κ2) is 6.63. The van der Waals surface area contributed by atoms with Gasteiger partial charge < -0.3 is 5.32 Å². The first-order chi connectivity index (χ1) is 10.6. The summed E-state index contributed by atoms with van der Waals surface area (Å²) in [6, 6.07) is 10.8. The van der Waals surface area contributed by atoms with Crippen LogP contribution in [-0.2, 0) is 11.3 Å². The topological polar surface area (TPSA) is 32.3 Å². The van der Waals surface area contributed by atoms with E-state index in [1.54, 1.807) is 11.3 Å². The molecule has 1 amide bonds. The van der Waals surface area contributed by atoms with E-state index in [-0.39, 0.29) is 5.91 Å². The first-order valence-corrected chi connectivity index (χ1v) is 8.64. The van der Waals surface area contributed by atoms with E-state index in [4.69, 9.17) is 0 Å². The molecule has 116 valence electrons. The van der Waals surface area contributed by atoms with Crippen LogP contribution in [0.2, 0.25) is 0 Å². The van der Waals surface area contributed by atoms with Gasteiger partial charge in [-0.15, -0.1) is 11.3 Å². The maximum atomic E-state index is 12.4. The average Bonchev–Trinajstić information content (AvgIpc) is 3.21. The number of anilines is 1. The summed E-state index contributed by atoms with van der Waals surface area (Å²) in [6.45, 7) is 5.46. The molecule has 1 fully saturated rings. The molecule has 0 radical (unpaired) electrons. The van der Waals surface area contributed by atoms with Crippen molar-refractivity contribution in [3.8, 4) is 0 Å². The summed E-state index contributed by atoms with van der Waals surface area (Å²) in [6.07, 6.45) is 2.42. The molecule has 1 aliphatic carbocycles. The van der Waals surface area contributed by atoms with Gasteiger partial charge in [0.1, 0.15) is 0 Å². The highest BCUT2D eigenvalue weighted by Crippen LogP contribution is 2.29. The number of aryl methyl sites for hydroxylation is 1. The zero-order valence-electron chi connectivity index (χ0n) is 13.1. The van der Waals surface area contributed by atoms with Gasteiger partial charge in [0.25, 0.3) is 0 Å². The second-order valence-corrected chi connectivity index (χ2v) is 7.04. The minimum Gasteiger partial charge on any atom is -0.325 e. The van der Waals surface area contributed by atoms with Gasteiger partial charge >= 0.3 is 0 Å². The zero-order chi connectivity index (χ0) is 15.5. The Morgan fingerprint density at radius 1 is 1.27 bits per heavy atom. The Bertz CT molecular complexity index is 647. The lowest BCUT2D eigenvalue weighted by Crippen LogP contribution is -2.34. The quantitative estimate of drug-likeness (QED) is 0.875. The smallest absolute Gasteiger partial charge is 0.238 e. The predicted octanol–water partition coefficient (Wildman–Crippen LogP) is 3.97. The van der Waals surface area contributed by atoms with Crippen molar-refractivity contribution in [2.24, 2.45) is 0 Å². The fourth-order valence-electron chi connectivity index (χ4n) is 2.62. The van der Waals surface area contributed by atoms with E-state index in [2.05, 4.69) is 47.6 Å². The number of carbonyl (C=O) groups excluding carboxylic acids is 1. The van der Waals surface area contributed by atoms with Crippen molar-refractivity contribution in [2.75, 3.05) is 11.9 Å². The molecule has 0 aliphatic heterocycles. The molecule has 1 heterocycles. The Kier molecular flexibility index (Phi) is 4.60. The summed E-state index contributed by atoms with van der Waals surface area (Å²) in [5, 5.41) is 5.16. The van der Waals surface area contributed by atoms with Crippen molar-refractivity contribution in [2.45, 2.75) is 39.3 Å². The van der Waals surface area contributed by atoms with Crippen LogP contribution >= 0.6 is 11.3 Å². The van der Waals surface area contributed by atoms with E-state index in [0.717, 1.165) is 17.8 Å². The number of nitrogens with one attached hydrogen (secondary N) is 1. The monoisotopic (exact) mass is 314 g/mol. The van der Waals surface area contributed by atoms with Gasteiger partial charge in [0.05, 0.1) is 6.54 Å². The highest BCUT2D eigenvalue weighted by molar-refractivity contribution is 7.09. The number of nitrogens with zero attached hydrogens (tertiary/aromatic N) is 1. The van der Waals surface area contributed by atoms with Crippen molar-refractivity contribution in [3.05, 3.63) is 51.7 Å². The number of rotatable bonds is 6. The third kappa shape index (κ3) is 3.76. The number of thiophene rings is 1. The van der Waals surface area contributed by atoms with Crippen molar-refractivity contribution in [1.29, 1.82) is 0 Å². The van der Waals surface area contributed by atoms with Gasteiger partial charge in [-0.2, -0.15) is 0 Å². The van der Waals surface area contributed by atoms with Crippen LogP contribution in [-0.4, -0.2) is 23.4 Å².